The number of hydrogen-bond acceptors (Lipinski definition) is 3. The monoisotopic (exact) mass is 214 g/mol. The lowest BCUT2D eigenvalue weighted by Crippen LogP contribution is -2.40. The summed E-state index contributed by atoms with van der Waals surface area (Å²) in [6.45, 7) is 2.86. The molecular formula is C12H26N2O. The first-order valence-corrected chi connectivity index (χ1v) is 6.17. The zero-order valence-electron chi connectivity index (χ0n) is 10.2. The van der Waals surface area contributed by atoms with E-state index in [2.05, 4.69) is 11.9 Å². The second kappa shape index (κ2) is 7.20. The summed E-state index contributed by atoms with van der Waals surface area (Å²) >= 11 is 0. The largest absolute Gasteiger partial charge is 0.383 e. The van der Waals surface area contributed by atoms with Gasteiger partial charge >= 0.3 is 0 Å². The van der Waals surface area contributed by atoms with E-state index in [1.54, 1.807) is 7.11 Å². The maximum atomic E-state index is 5.55. The van der Waals surface area contributed by atoms with E-state index in [4.69, 9.17) is 10.5 Å². The van der Waals surface area contributed by atoms with Gasteiger partial charge in [0.05, 0.1) is 6.61 Å². The highest BCUT2D eigenvalue weighted by Gasteiger charge is 2.22. The fourth-order valence-electron chi connectivity index (χ4n) is 2.21. The van der Waals surface area contributed by atoms with Crippen LogP contribution in [0.15, 0.2) is 0 Å². The molecule has 90 valence electrons. The number of rotatable bonds is 8. The maximum Gasteiger partial charge on any atom is 0.0617 e. The van der Waals surface area contributed by atoms with Gasteiger partial charge in [0.2, 0.25) is 0 Å². The third-order valence-corrected chi connectivity index (χ3v) is 3.49. The molecule has 15 heavy (non-hydrogen) atoms. The number of ether oxygens (including phenoxy) is 1. The molecule has 0 saturated heterocycles. The third-order valence-electron chi connectivity index (χ3n) is 3.49. The number of methoxy groups -OCH3 is 1. The molecule has 0 amide bonds. The van der Waals surface area contributed by atoms with Crippen LogP contribution in [0.5, 0.6) is 0 Å². The Balaban J connectivity index is 2.24. The lowest BCUT2D eigenvalue weighted by Gasteiger charge is -2.34. The van der Waals surface area contributed by atoms with Gasteiger partial charge in [-0.15, -0.1) is 0 Å². The second-order valence-electron chi connectivity index (χ2n) is 4.78. The van der Waals surface area contributed by atoms with Crippen LogP contribution in [0.4, 0.5) is 0 Å². The Bertz CT molecular complexity index is 160. The Morgan fingerprint density at radius 2 is 2.20 bits per heavy atom. The summed E-state index contributed by atoms with van der Waals surface area (Å²) in [5.41, 5.74) is 5.55. The van der Waals surface area contributed by atoms with E-state index in [-0.39, 0.29) is 0 Å². The van der Waals surface area contributed by atoms with Crippen LogP contribution in [0.3, 0.4) is 0 Å². The van der Waals surface area contributed by atoms with E-state index >= 15 is 0 Å². The van der Waals surface area contributed by atoms with E-state index in [0.29, 0.717) is 6.04 Å². The molecule has 0 spiro atoms. The smallest absolute Gasteiger partial charge is 0.0617 e. The Morgan fingerprint density at radius 1 is 1.47 bits per heavy atom. The van der Waals surface area contributed by atoms with E-state index in [9.17, 15) is 0 Å². The van der Waals surface area contributed by atoms with Crippen LogP contribution < -0.4 is 5.73 Å². The lowest BCUT2D eigenvalue weighted by atomic mass is 9.85. The summed E-state index contributed by atoms with van der Waals surface area (Å²) in [7, 11) is 4.01. The molecular weight excluding hydrogens is 188 g/mol. The van der Waals surface area contributed by atoms with Gasteiger partial charge in [0, 0.05) is 19.7 Å². The van der Waals surface area contributed by atoms with E-state index in [1.165, 1.54) is 25.8 Å². The quantitative estimate of drug-likeness (QED) is 0.665. The van der Waals surface area contributed by atoms with Crippen LogP contribution in [-0.4, -0.2) is 44.8 Å². The summed E-state index contributed by atoms with van der Waals surface area (Å²) < 4.78 is 5.27. The summed E-state index contributed by atoms with van der Waals surface area (Å²) in [6.07, 6.45) is 6.52. The van der Waals surface area contributed by atoms with Crippen LogP contribution in [0.25, 0.3) is 0 Å². The fourth-order valence-corrected chi connectivity index (χ4v) is 2.21. The molecule has 1 aliphatic carbocycles. The van der Waals surface area contributed by atoms with E-state index < -0.39 is 0 Å². The molecule has 3 nitrogen and oxygen atoms in total. The van der Waals surface area contributed by atoms with Crippen molar-refractivity contribution in [2.75, 3.05) is 33.9 Å². The molecule has 0 radical (unpaired) electrons. The number of likely N-dealkylation sites (N-methyl/N-ethyl adjacent to an activating group) is 1. The average Bonchev–Trinajstić information content (AvgIpc) is 2.18. The zero-order valence-corrected chi connectivity index (χ0v) is 10.2. The van der Waals surface area contributed by atoms with Gasteiger partial charge in [-0.25, -0.2) is 0 Å². The first-order valence-electron chi connectivity index (χ1n) is 6.17. The van der Waals surface area contributed by atoms with Crippen molar-refractivity contribution in [2.24, 2.45) is 11.7 Å². The van der Waals surface area contributed by atoms with Crippen molar-refractivity contribution < 1.29 is 4.74 Å². The molecule has 1 atom stereocenters. The summed E-state index contributed by atoms with van der Waals surface area (Å²) in [5, 5.41) is 0. The van der Waals surface area contributed by atoms with Gasteiger partial charge in [0.1, 0.15) is 0 Å². The molecule has 1 aliphatic rings. The van der Waals surface area contributed by atoms with Crippen molar-refractivity contribution in [1.29, 1.82) is 0 Å². The first-order chi connectivity index (χ1) is 7.27. The van der Waals surface area contributed by atoms with Gasteiger partial charge in [-0.1, -0.05) is 6.42 Å². The van der Waals surface area contributed by atoms with Gasteiger partial charge in [-0.05, 0) is 45.2 Å². The van der Waals surface area contributed by atoms with Gasteiger partial charge in [0.25, 0.3) is 0 Å². The van der Waals surface area contributed by atoms with Crippen molar-refractivity contribution in [3.8, 4) is 0 Å². The summed E-state index contributed by atoms with van der Waals surface area (Å²) in [5.74, 6) is 0.937. The molecule has 1 rings (SSSR count). The Kier molecular flexibility index (Phi) is 6.22. The highest BCUT2D eigenvalue weighted by atomic mass is 16.5. The van der Waals surface area contributed by atoms with Crippen LogP contribution in [0, 0.1) is 5.92 Å². The van der Waals surface area contributed by atoms with Crippen molar-refractivity contribution in [2.45, 2.75) is 38.1 Å². The molecule has 0 aromatic rings. The lowest BCUT2D eigenvalue weighted by molar-refractivity contribution is 0.0794. The zero-order chi connectivity index (χ0) is 11.1. The van der Waals surface area contributed by atoms with E-state index in [0.717, 1.165) is 31.9 Å². The molecule has 1 unspecified atom stereocenters. The SMILES string of the molecule is COCC(CCCN)N(C)CC1CCC1. The van der Waals surface area contributed by atoms with Gasteiger partial charge < -0.3 is 15.4 Å². The molecule has 1 saturated carbocycles. The molecule has 0 heterocycles. The predicted molar refractivity (Wildman–Crippen MR) is 63.9 cm³/mol. The molecule has 0 aromatic carbocycles. The second-order valence-corrected chi connectivity index (χ2v) is 4.78. The van der Waals surface area contributed by atoms with E-state index in [1.807, 2.05) is 0 Å². The normalized spacial score (nSPS) is 19.2. The van der Waals surface area contributed by atoms with Crippen molar-refractivity contribution >= 4 is 0 Å². The average molecular weight is 214 g/mol. The molecule has 0 aromatic heterocycles. The number of nitrogens with two attached hydrogens (primary N) is 1. The highest BCUT2D eigenvalue weighted by molar-refractivity contribution is 4.76. The molecule has 3 heteroatoms. The maximum absolute atomic E-state index is 5.55. The molecule has 2 N–H and O–H groups in total. The van der Waals surface area contributed by atoms with Crippen LogP contribution in [-0.2, 0) is 4.74 Å². The Labute approximate surface area is 94.0 Å². The van der Waals surface area contributed by atoms with Gasteiger partial charge in [-0.2, -0.15) is 0 Å². The molecule has 0 bridgehead atoms. The summed E-state index contributed by atoms with van der Waals surface area (Å²) in [6, 6.07) is 0.555. The molecule has 0 aliphatic heterocycles. The third kappa shape index (κ3) is 4.49. The van der Waals surface area contributed by atoms with Crippen molar-refractivity contribution in [3.63, 3.8) is 0 Å². The first kappa shape index (κ1) is 12.9. The van der Waals surface area contributed by atoms with Crippen LogP contribution in [0.1, 0.15) is 32.1 Å². The highest BCUT2D eigenvalue weighted by Crippen LogP contribution is 2.27. The van der Waals surface area contributed by atoms with Gasteiger partial charge in [-0.3, -0.25) is 0 Å². The Hall–Kier alpha value is -0.120. The number of nitrogens with zero attached hydrogens (tertiary/aromatic N) is 1. The fraction of sp³-hybridized carbons (Fsp3) is 1.00. The minimum absolute atomic E-state index is 0.555. The minimum atomic E-state index is 0.555. The minimum Gasteiger partial charge on any atom is -0.383 e. The predicted octanol–water partition coefficient (Wildman–Crippen LogP) is 1.47. The van der Waals surface area contributed by atoms with Crippen LogP contribution >= 0.6 is 0 Å². The standard InChI is InChI=1S/C12H26N2O/c1-14(9-11-5-3-6-11)12(10-15-2)7-4-8-13/h11-12H,3-10,13H2,1-2H3. The number of hydrogen-bond donors (Lipinski definition) is 1. The molecule has 1 fully saturated rings. The van der Waals surface area contributed by atoms with Crippen molar-refractivity contribution in [3.05, 3.63) is 0 Å². The topological polar surface area (TPSA) is 38.5 Å². The van der Waals surface area contributed by atoms with Gasteiger partial charge in [0.15, 0.2) is 0 Å². The summed E-state index contributed by atoms with van der Waals surface area (Å²) in [4.78, 5) is 2.46. The van der Waals surface area contributed by atoms with Crippen molar-refractivity contribution in [1.82, 2.24) is 4.90 Å². The Morgan fingerprint density at radius 3 is 2.67 bits per heavy atom. The van der Waals surface area contributed by atoms with Crippen LogP contribution in [0.2, 0.25) is 0 Å².